The molecule has 3 aromatic carbocycles. The molecular formula is C20H17FO2. The van der Waals surface area contributed by atoms with Gasteiger partial charge in [0, 0.05) is 10.9 Å². The van der Waals surface area contributed by atoms with Crippen LogP contribution in [0.1, 0.15) is 0 Å². The Morgan fingerprint density at radius 2 is 1.74 bits per heavy atom. The van der Waals surface area contributed by atoms with Gasteiger partial charge in [0.2, 0.25) is 0 Å². The molecule has 0 aromatic heterocycles. The van der Waals surface area contributed by atoms with Crippen molar-refractivity contribution in [3.63, 3.8) is 0 Å². The molecule has 3 rings (SSSR count). The Morgan fingerprint density at radius 3 is 2.43 bits per heavy atom. The molecule has 0 atom stereocenters. The highest BCUT2D eigenvalue weighted by Gasteiger charge is 2.10. The minimum Gasteiger partial charge on any atom is -0.497 e. The third-order valence-corrected chi connectivity index (χ3v) is 3.69. The highest BCUT2D eigenvalue weighted by atomic mass is 19.1. The zero-order valence-corrected chi connectivity index (χ0v) is 12.9. The lowest BCUT2D eigenvalue weighted by atomic mass is 10.00. The Kier molecular flexibility index (Phi) is 4.29. The maximum Gasteiger partial charge on any atom is 0.138 e. The van der Waals surface area contributed by atoms with Crippen molar-refractivity contribution >= 4 is 10.8 Å². The van der Waals surface area contributed by atoms with Gasteiger partial charge in [-0.3, -0.25) is 0 Å². The van der Waals surface area contributed by atoms with Crippen molar-refractivity contribution in [2.45, 2.75) is 0 Å². The predicted octanol–water partition coefficient (Wildman–Crippen LogP) is 5.22. The molecule has 0 fully saturated rings. The van der Waals surface area contributed by atoms with Crippen LogP contribution < -0.4 is 9.47 Å². The highest BCUT2D eigenvalue weighted by Crippen LogP contribution is 2.31. The number of fused-ring (bicyclic) bond motifs is 1. The van der Waals surface area contributed by atoms with E-state index in [9.17, 15) is 4.39 Å². The standard InChI is InChI=1S/C20H17FO2/c1-3-12-23-17-9-11-19-15(13-17)6-10-18(20(19)21)14-4-7-16(22-2)8-5-14/h3-11,13H,1,12H2,2H3. The van der Waals surface area contributed by atoms with Crippen molar-refractivity contribution in [3.8, 4) is 22.6 Å². The molecule has 0 heterocycles. The summed E-state index contributed by atoms with van der Waals surface area (Å²) in [5, 5.41) is 1.38. The summed E-state index contributed by atoms with van der Waals surface area (Å²) >= 11 is 0. The largest absolute Gasteiger partial charge is 0.497 e. The Morgan fingerprint density at radius 1 is 1.00 bits per heavy atom. The fourth-order valence-corrected chi connectivity index (χ4v) is 2.51. The molecule has 116 valence electrons. The van der Waals surface area contributed by atoms with Crippen molar-refractivity contribution in [2.75, 3.05) is 13.7 Å². The summed E-state index contributed by atoms with van der Waals surface area (Å²) in [6, 6.07) is 16.4. The second kappa shape index (κ2) is 6.53. The lowest BCUT2D eigenvalue weighted by Gasteiger charge is -2.09. The Balaban J connectivity index is 2.02. The van der Waals surface area contributed by atoms with Crippen LogP contribution in [0.2, 0.25) is 0 Å². The zero-order valence-electron chi connectivity index (χ0n) is 12.9. The summed E-state index contributed by atoms with van der Waals surface area (Å²) in [5.41, 5.74) is 1.39. The number of ether oxygens (including phenoxy) is 2. The van der Waals surface area contributed by atoms with Gasteiger partial charge in [0.25, 0.3) is 0 Å². The molecule has 0 bridgehead atoms. The molecule has 3 aromatic rings. The molecule has 3 heteroatoms. The maximum absolute atomic E-state index is 14.8. The average molecular weight is 308 g/mol. The van der Waals surface area contributed by atoms with E-state index in [-0.39, 0.29) is 5.82 Å². The van der Waals surface area contributed by atoms with Gasteiger partial charge in [0.1, 0.15) is 23.9 Å². The first-order valence-electron chi connectivity index (χ1n) is 7.33. The monoisotopic (exact) mass is 308 g/mol. The fourth-order valence-electron chi connectivity index (χ4n) is 2.51. The third-order valence-electron chi connectivity index (χ3n) is 3.69. The molecular weight excluding hydrogens is 291 g/mol. The smallest absolute Gasteiger partial charge is 0.138 e. The van der Waals surface area contributed by atoms with E-state index in [1.807, 2.05) is 36.4 Å². The van der Waals surface area contributed by atoms with E-state index >= 15 is 0 Å². The van der Waals surface area contributed by atoms with E-state index in [1.165, 1.54) is 0 Å². The highest BCUT2D eigenvalue weighted by molar-refractivity contribution is 5.89. The topological polar surface area (TPSA) is 18.5 Å². The van der Waals surface area contributed by atoms with E-state index in [2.05, 4.69) is 6.58 Å². The number of hydrogen-bond acceptors (Lipinski definition) is 2. The molecule has 0 radical (unpaired) electrons. The first-order chi connectivity index (χ1) is 11.2. The van der Waals surface area contributed by atoms with Gasteiger partial charge in [-0.25, -0.2) is 4.39 Å². The van der Waals surface area contributed by atoms with Gasteiger partial charge in [-0.05, 0) is 41.3 Å². The van der Waals surface area contributed by atoms with E-state index in [1.54, 1.807) is 31.4 Å². The summed E-state index contributed by atoms with van der Waals surface area (Å²) in [4.78, 5) is 0. The molecule has 2 nitrogen and oxygen atoms in total. The SMILES string of the molecule is C=CCOc1ccc2c(F)c(-c3ccc(OC)cc3)ccc2c1. The molecule has 0 aliphatic carbocycles. The van der Waals surface area contributed by atoms with Crippen LogP contribution in [0.5, 0.6) is 11.5 Å². The Bertz CT molecular complexity index is 838. The van der Waals surface area contributed by atoms with E-state index in [0.717, 1.165) is 16.7 Å². The lowest BCUT2D eigenvalue weighted by Crippen LogP contribution is -1.93. The third kappa shape index (κ3) is 3.04. The molecule has 0 saturated carbocycles. The van der Waals surface area contributed by atoms with E-state index in [4.69, 9.17) is 9.47 Å². The minimum absolute atomic E-state index is 0.233. The summed E-state index contributed by atoms with van der Waals surface area (Å²) in [6.07, 6.45) is 1.68. The van der Waals surface area contributed by atoms with Gasteiger partial charge >= 0.3 is 0 Å². The molecule has 0 amide bonds. The minimum atomic E-state index is -0.233. The summed E-state index contributed by atoms with van der Waals surface area (Å²) in [6.45, 7) is 4.04. The van der Waals surface area contributed by atoms with Gasteiger partial charge in [0.05, 0.1) is 7.11 Å². The van der Waals surface area contributed by atoms with Crippen LogP contribution in [0.15, 0.2) is 67.3 Å². The molecule has 23 heavy (non-hydrogen) atoms. The van der Waals surface area contributed by atoms with Crippen LogP contribution >= 0.6 is 0 Å². The molecule has 0 N–H and O–H groups in total. The summed E-state index contributed by atoms with van der Waals surface area (Å²) < 4.78 is 25.5. The normalized spacial score (nSPS) is 10.5. The van der Waals surface area contributed by atoms with E-state index in [0.29, 0.717) is 23.3 Å². The van der Waals surface area contributed by atoms with Crippen LogP contribution in [0.4, 0.5) is 4.39 Å². The van der Waals surface area contributed by atoms with Gasteiger partial charge in [-0.2, -0.15) is 0 Å². The van der Waals surface area contributed by atoms with Crippen LogP contribution in [0.3, 0.4) is 0 Å². The van der Waals surface area contributed by atoms with Crippen LogP contribution in [-0.4, -0.2) is 13.7 Å². The van der Waals surface area contributed by atoms with Gasteiger partial charge in [0.15, 0.2) is 0 Å². The first kappa shape index (κ1) is 15.1. The number of methoxy groups -OCH3 is 1. The Hall–Kier alpha value is -2.81. The average Bonchev–Trinajstić information content (AvgIpc) is 2.60. The lowest BCUT2D eigenvalue weighted by molar-refractivity contribution is 0.364. The predicted molar refractivity (Wildman–Crippen MR) is 91.6 cm³/mol. The maximum atomic E-state index is 14.8. The molecule has 0 saturated heterocycles. The van der Waals surface area contributed by atoms with Gasteiger partial charge < -0.3 is 9.47 Å². The zero-order chi connectivity index (χ0) is 16.2. The van der Waals surface area contributed by atoms with Crippen molar-refractivity contribution in [1.82, 2.24) is 0 Å². The summed E-state index contributed by atoms with van der Waals surface area (Å²) in [5.74, 6) is 1.22. The number of rotatable bonds is 5. The molecule has 0 spiro atoms. The van der Waals surface area contributed by atoms with E-state index < -0.39 is 0 Å². The number of halogens is 1. The molecule has 0 aliphatic rings. The quantitative estimate of drug-likeness (QED) is 0.602. The van der Waals surface area contributed by atoms with Crippen molar-refractivity contribution in [2.24, 2.45) is 0 Å². The van der Waals surface area contributed by atoms with Crippen molar-refractivity contribution in [3.05, 3.63) is 73.1 Å². The van der Waals surface area contributed by atoms with Crippen molar-refractivity contribution in [1.29, 1.82) is 0 Å². The van der Waals surface area contributed by atoms with Crippen LogP contribution in [-0.2, 0) is 0 Å². The molecule has 0 unspecified atom stereocenters. The Labute approximate surface area is 134 Å². The second-order valence-corrected chi connectivity index (χ2v) is 5.14. The van der Waals surface area contributed by atoms with Gasteiger partial charge in [-0.15, -0.1) is 0 Å². The van der Waals surface area contributed by atoms with Crippen molar-refractivity contribution < 1.29 is 13.9 Å². The second-order valence-electron chi connectivity index (χ2n) is 5.14. The van der Waals surface area contributed by atoms with Crippen LogP contribution in [0, 0.1) is 5.82 Å². The fraction of sp³-hybridized carbons (Fsp3) is 0.100. The first-order valence-corrected chi connectivity index (χ1v) is 7.33. The number of hydrogen-bond donors (Lipinski definition) is 0. The summed E-state index contributed by atoms with van der Waals surface area (Å²) in [7, 11) is 1.61. The van der Waals surface area contributed by atoms with Crippen LogP contribution in [0.25, 0.3) is 21.9 Å². The molecule has 0 aliphatic heterocycles. The van der Waals surface area contributed by atoms with Gasteiger partial charge in [-0.1, -0.05) is 36.9 Å². The number of benzene rings is 3.